The first kappa shape index (κ1) is 69.4. The van der Waals surface area contributed by atoms with Gasteiger partial charge in [-0.3, -0.25) is 53.3 Å². The molecule has 81 heavy (non-hydrogen) atoms. The van der Waals surface area contributed by atoms with Crippen LogP contribution >= 0.6 is 0 Å². The Hall–Kier alpha value is -7.66. The van der Waals surface area contributed by atoms with Crippen molar-refractivity contribution in [3.05, 3.63) is 35.9 Å². The van der Waals surface area contributed by atoms with Crippen molar-refractivity contribution in [3.8, 4) is 0 Å². The van der Waals surface area contributed by atoms with Crippen LogP contribution in [0.3, 0.4) is 0 Å². The number of unbranched alkanes of at least 4 members (excludes halogenated alkanes) is 1. The van der Waals surface area contributed by atoms with Gasteiger partial charge in [0.05, 0.1) is 18.7 Å². The van der Waals surface area contributed by atoms with Crippen LogP contribution < -0.4 is 88.0 Å². The number of nitrogens with two attached hydrogens (primary N) is 7. The van der Waals surface area contributed by atoms with Crippen LogP contribution in [-0.4, -0.2) is 170 Å². The van der Waals surface area contributed by atoms with Crippen LogP contribution in [0.2, 0.25) is 0 Å². The molecule has 29 nitrogen and oxygen atoms in total. The number of rotatable bonds is 39. The number of carbonyl (C=O) groups excluding carboxylic acids is 9. The van der Waals surface area contributed by atoms with E-state index >= 15 is 0 Å². The molecule has 0 spiro atoms. The first-order valence-electron chi connectivity index (χ1n) is 27.6. The summed E-state index contributed by atoms with van der Waals surface area (Å²) in [4.78, 5) is 136. The molecule has 1 aromatic carbocycles. The molecule has 24 N–H and O–H groups in total. The van der Waals surface area contributed by atoms with E-state index in [1.54, 1.807) is 58.0 Å². The van der Waals surface area contributed by atoms with E-state index in [0.717, 1.165) is 6.42 Å². The number of aldehydes is 1. The van der Waals surface area contributed by atoms with Crippen molar-refractivity contribution < 1.29 is 48.3 Å². The molecule has 0 bridgehead atoms. The third-order valence-electron chi connectivity index (χ3n) is 12.9. The highest BCUT2D eigenvalue weighted by Crippen LogP contribution is 2.13. The third kappa shape index (κ3) is 27.9. The Kier molecular flexibility index (Phi) is 32.6. The first-order valence-corrected chi connectivity index (χ1v) is 27.6. The Balaban J connectivity index is 2.41. The average molecular weight is 1140 g/mol. The fourth-order valence-corrected chi connectivity index (χ4v) is 8.56. The van der Waals surface area contributed by atoms with Gasteiger partial charge < -0.3 is 97.9 Å². The molecule has 0 aliphatic carbocycles. The maximum atomic E-state index is 14.4. The van der Waals surface area contributed by atoms with Gasteiger partial charge in [-0.25, -0.2) is 0 Å². The topological polar surface area (TPSA) is 501 Å². The van der Waals surface area contributed by atoms with Crippen LogP contribution in [0.15, 0.2) is 45.3 Å². The summed E-state index contributed by atoms with van der Waals surface area (Å²) in [5.74, 6) is -7.24. The average Bonchev–Trinajstić information content (AvgIpc) is 3.97. The molecule has 1 heterocycles. The maximum absolute atomic E-state index is 14.4. The summed E-state index contributed by atoms with van der Waals surface area (Å²) in [6.07, 6.45) is 3.98. The molecule has 0 radical (unpaired) electrons. The number of amides is 8. The lowest BCUT2D eigenvalue weighted by Gasteiger charge is -2.29. The summed E-state index contributed by atoms with van der Waals surface area (Å²) in [6, 6.07) is -2.02. The second-order valence-electron chi connectivity index (χ2n) is 20.6. The Morgan fingerprint density at radius 3 is 1.53 bits per heavy atom. The minimum absolute atomic E-state index is 0.0244. The van der Waals surface area contributed by atoms with E-state index in [1.807, 2.05) is 0 Å². The van der Waals surface area contributed by atoms with Gasteiger partial charge in [0.15, 0.2) is 17.9 Å². The molecule has 1 aliphatic rings. The normalized spacial score (nSPS) is 15.8. The van der Waals surface area contributed by atoms with Gasteiger partial charge >= 0.3 is 0 Å². The van der Waals surface area contributed by atoms with Crippen LogP contribution in [0, 0.1) is 11.8 Å². The van der Waals surface area contributed by atoms with Crippen molar-refractivity contribution >= 4 is 71.4 Å². The Morgan fingerprint density at radius 1 is 0.580 bits per heavy atom. The number of nitrogens with zero attached hydrogens (tertiary/aromatic N) is 3. The molecule has 29 heteroatoms. The summed E-state index contributed by atoms with van der Waals surface area (Å²) in [5, 5.41) is 34.9. The number of aliphatic imine (C=N–C) groups is 3. The number of hydrogen-bond acceptors (Lipinski definition) is 15. The minimum atomic E-state index is -1.60. The van der Waals surface area contributed by atoms with Gasteiger partial charge in [0.2, 0.25) is 47.3 Å². The van der Waals surface area contributed by atoms with Gasteiger partial charge in [0.1, 0.15) is 48.6 Å². The molecule has 1 aromatic rings. The van der Waals surface area contributed by atoms with Crippen molar-refractivity contribution in [2.24, 2.45) is 66.9 Å². The second kappa shape index (κ2) is 38.1. The highest BCUT2D eigenvalue weighted by Gasteiger charge is 2.36. The molecule has 1 fully saturated rings. The van der Waals surface area contributed by atoms with Crippen molar-refractivity contribution in [2.45, 2.75) is 166 Å². The molecule has 9 atom stereocenters. The molecular formula is C52H91N19O10. The zero-order valence-electron chi connectivity index (χ0n) is 47.3. The van der Waals surface area contributed by atoms with E-state index < -0.39 is 114 Å². The van der Waals surface area contributed by atoms with E-state index in [1.165, 1.54) is 0 Å². The van der Waals surface area contributed by atoms with Crippen molar-refractivity contribution in [3.63, 3.8) is 0 Å². The Labute approximate surface area is 473 Å². The first-order chi connectivity index (χ1) is 38.5. The lowest BCUT2D eigenvalue weighted by atomic mass is 9.98. The molecule has 0 unspecified atom stereocenters. The number of guanidine groups is 3. The summed E-state index contributed by atoms with van der Waals surface area (Å²) in [5.41, 5.74) is 39.1. The Bertz CT molecular complexity index is 2250. The molecule has 1 saturated heterocycles. The number of aliphatic hydroxyl groups excluding tert-OH is 1. The molecular weight excluding hydrogens is 1050 g/mol. The van der Waals surface area contributed by atoms with Crippen LogP contribution in [0.5, 0.6) is 0 Å². The summed E-state index contributed by atoms with van der Waals surface area (Å²) < 4.78 is 0. The molecule has 8 amide bonds. The quantitative estimate of drug-likeness (QED) is 0.0127. The van der Waals surface area contributed by atoms with Crippen molar-refractivity contribution in [2.75, 3.05) is 39.3 Å². The molecule has 0 aromatic heterocycles. The number of carbonyl (C=O) groups is 9. The lowest BCUT2D eigenvalue weighted by molar-refractivity contribution is -0.136. The van der Waals surface area contributed by atoms with E-state index in [4.69, 9.17) is 40.1 Å². The van der Waals surface area contributed by atoms with Gasteiger partial charge in [0, 0.05) is 26.1 Å². The monoisotopic (exact) mass is 1140 g/mol. The number of nitrogens with one attached hydrogen (secondary N) is 9. The van der Waals surface area contributed by atoms with Crippen LogP contribution in [0.1, 0.15) is 110 Å². The van der Waals surface area contributed by atoms with E-state index in [2.05, 4.69) is 62.8 Å². The lowest BCUT2D eigenvalue weighted by Crippen LogP contribution is -2.61. The summed E-state index contributed by atoms with van der Waals surface area (Å²) >= 11 is 0. The molecule has 2 rings (SSSR count). The van der Waals surface area contributed by atoms with Gasteiger partial charge in [-0.1, -0.05) is 58.0 Å². The predicted octanol–water partition coefficient (Wildman–Crippen LogP) is -4.96. The summed E-state index contributed by atoms with van der Waals surface area (Å²) in [7, 11) is 0. The highest BCUT2D eigenvalue weighted by molar-refractivity contribution is 5.98. The largest absolute Gasteiger partial charge is 0.394 e. The zero-order valence-corrected chi connectivity index (χ0v) is 47.3. The van der Waals surface area contributed by atoms with Crippen LogP contribution in [0.4, 0.5) is 0 Å². The second-order valence-corrected chi connectivity index (χ2v) is 20.6. The fourth-order valence-electron chi connectivity index (χ4n) is 8.56. The SMILES string of the molecule is CC(C)C[C@H](NC(=O)[C@H](Cc1ccccc1)NC(=O)[C@H](CO)NC(=O)[C@H](CCCN=C(N)N)NC(=O)[C@@H]1CCCN1)C(=O)N[C@H](C(=O)N[C@@H](CCCN=C(N)N)C(=O)N[C@@H](CCCCN)C(=O)N[C@H](C=O)CCCN=C(N)N)C(C)C. The Morgan fingerprint density at radius 2 is 1.04 bits per heavy atom. The van der Waals surface area contributed by atoms with Gasteiger partial charge in [-0.2, -0.15) is 0 Å². The maximum Gasteiger partial charge on any atom is 0.245 e. The number of hydrogen-bond donors (Lipinski definition) is 17. The van der Waals surface area contributed by atoms with E-state index in [0.29, 0.717) is 50.6 Å². The third-order valence-corrected chi connectivity index (χ3v) is 12.9. The predicted molar refractivity (Wildman–Crippen MR) is 307 cm³/mol. The zero-order chi connectivity index (χ0) is 60.4. The van der Waals surface area contributed by atoms with Crippen LogP contribution in [-0.2, 0) is 49.6 Å². The molecule has 454 valence electrons. The number of aliphatic hydroxyl groups is 1. The molecule has 0 saturated carbocycles. The molecule has 1 aliphatic heterocycles. The highest BCUT2D eigenvalue weighted by atomic mass is 16.3. The minimum Gasteiger partial charge on any atom is -0.394 e. The number of benzene rings is 1. The smallest absolute Gasteiger partial charge is 0.245 e. The van der Waals surface area contributed by atoms with Gasteiger partial charge in [-0.15, -0.1) is 0 Å². The van der Waals surface area contributed by atoms with Crippen molar-refractivity contribution in [1.29, 1.82) is 0 Å². The van der Waals surface area contributed by atoms with Gasteiger partial charge in [0.25, 0.3) is 0 Å². The van der Waals surface area contributed by atoms with Crippen LogP contribution in [0.25, 0.3) is 0 Å². The van der Waals surface area contributed by atoms with E-state index in [9.17, 15) is 48.3 Å². The van der Waals surface area contributed by atoms with E-state index in [-0.39, 0.29) is 94.8 Å². The van der Waals surface area contributed by atoms with Crippen molar-refractivity contribution in [1.82, 2.24) is 47.9 Å². The van der Waals surface area contributed by atoms with Gasteiger partial charge in [-0.05, 0) is 108 Å². The standard InChI is InChI=1S/C52H91N19O10/c1-30(2)26-38(68-46(78)39(27-32-14-6-5-7-15-32)69-48(80)40(29-73)70-45(77)36(19-12-24-62-51(56)57)65-42(74)34-18-11-22-60-34)47(79)71-41(31(3)4)49(81)67-37(20-13-25-63-52(58)59)44(76)66-35(17-8-9-21-53)43(75)64-33(28-72)16-10-23-61-50(54)55/h5-7,14-15,28,30-31,33-41,60,73H,8-13,16-27,29,53H2,1-4H3,(H,64,75)(H,65,74)(H,66,76)(H,67,81)(H,68,78)(H,69,80)(H,70,77)(H,71,79)(H4,54,55,61)(H4,56,57,62)(H4,58,59,63)/t33-,34-,35-,36-,37-,38-,39-,40-,41-/m0/s1. The fraction of sp³-hybridized carbons (Fsp3) is 0.654. The summed E-state index contributed by atoms with van der Waals surface area (Å²) in [6.45, 7) is 7.39.